The second-order valence-electron chi connectivity index (χ2n) is 15.7. The van der Waals surface area contributed by atoms with Gasteiger partial charge in [-0.25, -0.2) is 4.57 Å². The normalized spacial score (nSPS) is 24.3. The third-order valence-electron chi connectivity index (χ3n) is 10.4. The van der Waals surface area contributed by atoms with Crippen molar-refractivity contribution in [3.63, 3.8) is 0 Å². The van der Waals surface area contributed by atoms with Gasteiger partial charge in [-0.1, -0.05) is 140 Å². The van der Waals surface area contributed by atoms with Gasteiger partial charge in [-0.05, 0) is 57.8 Å². The number of aliphatic hydroxyl groups is 7. The molecule has 0 bridgehead atoms. The third kappa shape index (κ3) is 25.7. The molecule has 1 rings (SSSR count). The van der Waals surface area contributed by atoms with Gasteiger partial charge in [0.25, 0.3) is 0 Å². The predicted molar refractivity (Wildman–Crippen MR) is 224 cm³/mol. The molecular weight excluding hydrogens is 753 g/mol. The van der Waals surface area contributed by atoms with Crippen molar-refractivity contribution in [2.24, 2.45) is 0 Å². The van der Waals surface area contributed by atoms with Crippen LogP contribution in [-0.4, -0.2) is 108 Å². The van der Waals surface area contributed by atoms with Gasteiger partial charge in [0.05, 0.1) is 31.3 Å². The van der Waals surface area contributed by atoms with Gasteiger partial charge in [-0.15, -0.1) is 0 Å². The van der Waals surface area contributed by atoms with Crippen molar-refractivity contribution in [3.05, 3.63) is 36.5 Å². The van der Waals surface area contributed by atoms with Crippen molar-refractivity contribution in [3.8, 4) is 0 Å². The van der Waals surface area contributed by atoms with Crippen LogP contribution in [0.25, 0.3) is 0 Å². The lowest BCUT2D eigenvalue weighted by Gasteiger charge is -2.41. The lowest BCUT2D eigenvalue weighted by molar-refractivity contribution is -0.220. The number of aliphatic hydroxyl groups excluding tert-OH is 7. The Bertz CT molecular complexity index is 1120. The molecule has 0 spiro atoms. The first-order valence-corrected chi connectivity index (χ1v) is 23.5. The average Bonchev–Trinajstić information content (AvgIpc) is 3.18. The Balaban J connectivity index is 2.58. The van der Waals surface area contributed by atoms with Crippen molar-refractivity contribution >= 4 is 13.7 Å². The molecular formula is C43H80NO12P. The Hall–Kier alpha value is -1.48. The lowest BCUT2D eigenvalue weighted by Crippen LogP contribution is -2.64. The number of unbranched alkanes of at least 4 members (excludes halogenated alkanes) is 18. The molecule has 334 valence electrons. The first-order chi connectivity index (χ1) is 27.3. The van der Waals surface area contributed by atoms with Crippen LogP contribution in [0.1, 0.15) is 168 Å². The maximum Gasteiger partial charge on any atom is 0.472 e. The van der Waals surface area contributed by atoms with Gasteiger partial charge in [-0.3, -0.25) is 13.8 Å². The predicted octanol–water partition coefficient (Wildman–Crippen LogP) is 6.58. The minimum atomic E-state index is -5.14. The number of allylic oxidation sites excluding steroid dienone is 5. The maximum atomic E-state index is 12.9. The SMILES string of the molecule is CCCCCCC/C=C/CC/C=C/C(O)C(COP(=O)(O)OC1C(O)C(O)C(O)C(O)C1O)NC(=O)CC(O)CCCCC/C=C\CCCCCCCCCCC. The molecule has 0 aliphatic heterocycles. The summed E-state index contributed by atoms with van der Waals surface area (Å²) in [4.78, 5) is 23.3. The number of carbonyl (C=O) groups is 1. The Kier molecular flexibility index (Phi) is 31.2. The molecule has 0 radical (unpaired) electrons. The van der Waals surface area contributed by atoms with E-state index in [1.165, 1.54) is 89.5 Å². The fourth-order valence-electron chi connectivity index (χ4n) is 6.78. The van der Waals surface area contributed by atoms with Gasteiger partial charge in [0.2, 0.25) is 5.91 Å². The van der Waals surface area contributed by atoms with Crippen LogP contribution in [0.4, 0.5) is 0 Å². The van der Waals surface area contributed by atoms with E-state index in [1.54, 1.807) is 6.08 Å². The molecule has 0 aromatic heterocycles. The van der Waals surface area contributed by atoms with Crippen LogP contribution in [0.15, 0.2) is 36.5 Å². The molecule has 9 N–H and O–H groups in total. The highest BCUT2D eigenvalue weighted by molar-refractivity contribution is 7.47. The van der Waals surface area contributed by atoms with E-state index in [2.05, 4.69) is 43.5 Å². The van der Waals surface area contributed by atoms with Crippen LogP contribution in [0.5, 0.6) is 0 Å². The number of hydrogen-bond donors (Lipinski definition) is 9. The minimum absolute atomic E-state index is 0.263. The van der Waals surface area contributed by atoms with E-state index in [0.717, 1.165) is 51.4 Å². The summed E-state index contributed by atoms with van der Waals surface area (Å²) in [5, 5.41) is 74.2. The number of nitrogens with one attached hydrogen (secondary N) is 1. The zero-order valence-electron chi connectivity index (χ0n) is 35.0. The second-order valence-corrected chi connectivity index (χ2v) is 17.1. The molecule has 8 atom stereocenters. The summed E-state index contributed by atoms with van der Waals surface area (Å²) in [6, 6.07) is -1.26. The summed E-state index contributed by atoms with van der Waals surface area (Å²) >= 11 is 0. The molecule has 0 saturated heterocycles. The van der Waals surface area contributed by atoms with Crippen molar-refractivity contribution in [2.75, 3.05) is 6.61 Å². The largest absolute Gasteiger partial charge is 0.472 e. The number of phosphoric ester groups is 1. The van der Waals surface area contributed by atoms with E-state index in [0.29, 0.717) is 12.8 Å². The summed E-state index contributed by atoms with van der Waals surface area (Å²) in [6.07, 6.45) is 22.5. The van der Waals surface area contributed by atoms with Gasteiger partial charge in [-0.2, -0.15) is 0 Å². The first-order valence-electron chi connectivity index (χ1n) is 22.0. The minimum Gasteiger partial charge on any atom is -0.393 e. The molecule has 0 aromatic carbocycles. The highest BCUT2D eigenvalue weighted by atomic mass is 31.2. The smallest absolute Gasteiger partial charge is 0.393 e. The maximum absolute atomic E-state index is 12.9. The van der Waals surface area contributed by atoms with Gasteiger partial charge in [0.15, 0.2) is 0 Å². The van der Waals surface area contributed by atoms with Crippen LogP contribution >= 0.6 is 7.82 Å². The molecule has 13 nitrogen and oxygen atoms in total. The molecule has 1 saturated carbocycles. The van der Waals surface area contributed by atoms with Crippen LogP contribution in [0.3, 0.4) is 0 Å². The first kappa shape index (κ1) is 53.5. The second kappa shape index (κ2) is 33.3. The molecule has 1 aliphatic carbocycles. The number of carbonyl (C=O) groups excluding carboxylic acids is 1. The summed E-state index contributed by atoms with van der Waals surface area (Å²) in [6.45, 7) is 3.67. The van der Waals surface area contributed by atoms with Gasteiger partial charge < -0.3 is 46.0 Å². The molecule has 1 amide bonds. The standard InChI is InChI=1S/C43H80NO12P/c1-3-5-7-9-11-13-15-16-17-18-19-21-22-24-26-28-30-34(45)32-37(47)44-35(36(46)31-29-27-25-23-20-14-12-10-8-6-4-2)33-55-57(53,54)56-43-41(51)39(49)38(48)40(50)42(43)52/h19-21,23,29,31,34-36,38-43,45-46,48-52H,3-18,22,24-28,30,32-33H2,1-2H3,(H,44,47)(H,53,54)/b21-19-,23-20+,31-29+. The zero-order chi connectivity index (χ0) is 42.3. The summed E-state index contributed by atoms with van der Waals surface area (Å²) in [5.41, 5.74) is 0. The fourth-order valence-corrected chi connectivity index (χ4v) is 7.75. The average molecular weight is 834 g/mol. The Morgan fingerprint density at radius 2 is 1.04 bits per heavy atom. The van der Waals surface area contributed by atoms with Crippen molar-refractivity contribution in [1.29, 1.82) is 0 Å². The third-order valence-corrected chi connectivity index (χ3v) is 11.4. The molecule has 0 heterocycles. The van der Waals surface area contributed by atoms with Crippen molar-refractivity contribution in [1.82, 2.24) is 5.32 Å². The van der Waals surface area contributed by atoms with Crippen LogP contribution in [0.2, 0.25) is 0 Å². The van der Waals surface area contributed by atoms with E-state index in [-0.39, 0.29) is 6.42 Å². The van der Waals surface area contributed by atoms with Crippen LogP contribution in [-0.2, 0) is 18.4 Å². The van der Waals surface area contributed by atoms with Crippen LogP contribution in [0, 0.1) is 0 Å². The van der Waals surface area contributed by atoms with Crippen molar-refractivity contribution < 1.29 is 59.0 Å². The van der Waals surface area contributed by atoms with Gasteiger partial charge in [0, 0.05) is 0 Å². The fraction of sp³-hybridized carbons (Fsp3) is 0.837. The summed E-state index contributed by atoms with van der Waals surface area (Å²) in [5.74, 6) is -0.614. The zero-order valence-corrected chi connectivity index (χ0v) is 35.9. The quantitative estimate of drug-likeness (QED) is 0.0187. The Morgan fingerprint density at radius 3 is 1.54 bits per heavy atom. The molecule has 0 aromatic rings. The highest BCUT2D eigenvalue weighted by Crippen LogP contribution is 2.47. The Labute approximate surface area is 343 Å². The molecule has 1 fully saturated rings. The molecule has 1 aliphatic rings. The van der Waals surface area contributed by atoms with E-state index >= 15 is 0 Å². The number of phosphoric acid groups is 1. The lowest BCUT2D eigenvalue weighted by atomic mass is 9.85. The van der Waals surface area contributed by atoms with Crippen molar-refractivity contribution in [2.45, 2.75) is 223 Å². The Morgan fingerprint density at radius 1 is 0.614 bits per heavy atom. The van der Waals surface area contributed by atoms with E-state index in [9.17, 15) is 50.0 Å². The monoisotopic (exact) mass is 834 g/mol. The summed E-state index contributed by atoms with van der Waals surface area (Å²) < 4.78 is 22.8. The molecule has 14 heteroatoms. The van der Waals surface area contributed by atoms with Gasteiger partial charge in [0.1, 0.15) is 36.6 Å². The van der Waals surface area contributed by atoms with E-state index in [4.69, 9.17) is 9.05 Å². The number of hydrogen-bond acceptors (Lipinski definition) is 11. The van der Waals surface area contributed by atoms with Crippen LogP contribution < -0.4 is 5.32 Å². The van der Waals surface area contributed by atoms with E-state index < -0.39 is 75.2 Å². The number of rotatable bonds is 35. The van der Waals surface area contributed by atoms with E-state index in [1.807, 2.05) is 0 Å². The summed E-state index contributed by atoms with van der Waals surface area (Å²) in [7, 11) is -5.14. The number of amides is 1. The molecule has 57 heavy (non-hydrogen) atoms. The topological polar surface area (TPSA) is 226 Å². The highest BCUT2D eigenvalue weighted by Gasteiger charge is 2.51. The van der Waals surface area contributed by atoms with Gasteiger partial charge >= 0.3 is 7.82 Å². The molecule has 8 unspecified atom stereocenters.